The van der Waals surface area contributed by atoms with Gasteiger partial charge < -0.3 is 28.9 Å². The lowest BCUT2D eigenvalue weighted by atomic mass is 10.1. The summed E-state index contributed by atoms with van der Waals surface area (Å²) in [6.45, 7) is 11.1. The Morgan fingerprint density at radius 1 is 1.07 bits per heavy atom. The summed E-state index contributed by atoms with van der Waals surface area (Å²) in [5.41, 5.74) is 0. The number of ether oxygens (including phenoxy) is 4. The molecule has 0 saturated carbocycles. The van der Waals surface area contributed by atoms with Gasteiger partial charge in [-0.25, -0.2) is 4.57 Å². The van der Waals surface area contributed by atoms with Crippen LogP contribution in [0, 0.1) is 0 Å². The Labute approximate surface area is 167 Å². The van der Waals surface area contributed by atoms with Crippen molar-refractivity contribution < 1.29 is 42.6 Å². The Bertz CT molecular complexity index is 529. The van der Waals surface area contributed by atoms with Crippen LogP contribution in [-0.2, 0) is 32.6 Å². The number of rotatable bonds is 10. The Morgan fingerprint density at radius 2 is 1.75 bits per heavy atom. The van der Waals surface area contributed by atoms with E-state index in [-0.39, 0.29) is 37.6 Å². The van der Waals surface area contributed by atoms with Gasteiger partial charge in [-0.2, -0.15) is 0 Å². The van der Waals surface area contributed by atoms with E-state index in [0.717, 1.165) is 0 Å². The lowest BCUT2D eigenvalue weighted by Gasteiger charge is -2.25. The molecule has 0 amide bonds. The molecule has 2 heterocycles. The molecule has 2 aliphatic heterocycles. The number of hydrogen-bond donors (Lipinski definition) is 2. The van der Waals surface area contributed by atoms with E-state index in [0.29, 0.717) is 6.42 Å². The second kappa shape index (κ2) is 10.3. The molecule has 2 N–H and O–H groups in total. The molecule has 3 unspecified atom stereocenters. The van der Waals surface area contributed by atoms with E-state index in [4.69, 9.17) is 28.0 Å². The highest BCUT2D eigenvalue weighted by Gasteiger charge is 2.47. The molecule has 0 aromatic carbocycles. The minimum absolute atomic E-state index is 0.00701. The van der Waals surface area contributed by atoms with Crippen molar-refractivity contribution in [2.24, 2.45) is 0 Å². The van der Waals surface area contributed by atoms with E-state index >= 15 is 0 Å². The van der Waals surface area contributed by atoms with Gasteiger partial charge in [0, 0.05) is 6.42 Å². The third-order valence-electron chi connectivity index (χ3n) is 4.66. The zero-order valence-electron chi connectivity index (χ0n) is 17.5. The van der Waals surface area contributed by atoms with E-state index in [1.807, 2.05) is 34.6 Å². The van der Waals surface area contributed by atoms with E-state index in [1.54, 1.807) is 6.92 Å². The van der Waals surface area contributed by atoms with Crippen molar-refractivity contribution in [3.8, 4) is 0 Å². The number of aliphatic hydroxyl groups excluding tert-OH is 1. The van der Waals surface area contributed by atoms with Crippen molar-refractivity contribution in [3.63, 3.8) is 0 Å². The first-order valence-corrected chi connectivity index (χ1v) is 11.4. The fraction of sp³-hybridized carbons (Fsp3) is 1.00. The van der Waals surface area contributed by atoms with Crippen molar-refractivity contribution in [2.45, 2.75) is 103 Å². The highest BCUT2D eigenvalue weighted by atomic mass is 31.2. The molecule has 0 radical (unpaired) electrons. The zero-order valence-corrected chi connectivity index (χ0v) is 18.4. The average molecular weight is 426 g/mol. The largest absolute Gasteiger partial charge is 0.472 e. The number of phosphoric ester groups is 1. The topological polar surface area (TPSA) is 113 Å². The molecule has 166 valence electrons. The molecule has 2 saturated heterocycles. The Morgan fingerprint density at radius 3 is 2.36 bits per heavy atom. The summed E-state index contributed by atoms with van der Waals surface area (Å²) >= 11 is 0. The number of hydrogen-bond acceptors (Lipinski definition) is 8. The average Bonchev–Trinajstić information content (AvgIpc) is 3.04. The monoisotopic (exact) mass is 426 g/mol. The van der Waals surface area contributed by atoms with Gasteiger partial charge in [-0.15, -0.1) is 0 Å². The maximum absolute atomic E-state index is 12.5. The van der Waals surface area contributed by atoms with Gasteiger partial charge in [-0.05, 0) is 41.5 Å². The lowest BCUT2D eigenvalue weighted by molar-refractivity contribution is -0.0712. The smallest absolute Gasteiger partial charge is 0.388 e. The lowest BCUT2D eigenvalue weighted by Crippen LogP contribution is -2.37. The van der Waals surface area contributed by atoms with Crippen LogP contribution in [0.1, 0.15) is 48.0 Å². The van der Waals surface area contributed by atoms with E-state index in [1.165, 1.54) is 0 Å². The maximum Gasteiger partial charge on any atom is 0.472 e. The van der Waals surface area contributed by atoms with Crippen LogP contribution in [-0.4, -0.2) is 78.1 Å². The van der Waals surface area contributed by atoms with Crippen molar-refractivity contribution >= 4 is 7.82 Å². The third-order valence-corrected chi connectivity index (χ3v) is 5.64. The maximum atomic E-state index is 12.5. The predicted molar refractivity (Wildman–Crippen MR) is 101 cm³/mol. The highest BCUT2D eigenvalue weighted by Crippen LogP contribution is 2.48. The van der Waals surface area contributed by atoms with Crippen LogP contribution in [0.3, 0.4) is 0 Å². The fourth-order valence-electron chi connectivity index (χ4n) is 3.38. The molecule has 10 heteroatoms. The summed E-state index contributed by atoms with van der Waals surface area (Å²) in [5.74, 6) is 0. The van der Waals surface area contributed by atoms with Gasteiger partial charge in [-0.1, -0.05) is 0 Å². The van der Waals surface area contributed by atoms with Crippen molar-refractivity contribution in [3.05, 3.63) is 0 Å². The predicted octanol–water partition coefficient (Wildman–Crippen LogP) is 2.03. The molecule has 0 aromatic rings. The number of aliphatic hydroxyl groups is 1. The van der Waals surface area contributed by atoms with Gasteiger partial charge in [0.25, 0.3) is 0 Å². The molecule has 8 atom stereocenters. The standard InChI is InChI=1S/C18H35O9P/c1-10(2)22-8-16-18(17(19)13(6)26-16)27-28(20,21)23-9-15-14(24-11(3)4)7-12(5)25-15/h10-19H,7-9H2,1-6H3,(H,20,21)/t12-,13-,14+,15?,16+,17?,18-/m0/s1. The molecule has 0 spiro atoms. The quantitative estimate of drug-likeness (QED) is 0.507. The normalized spacial score (nSPS) is 38.4. The Kier molecular flexibility index (Phi) is 8.88. The van der Waals surface area contributed by atoms with Crippen molar-refractivity contribution in [1.82, 2.24) is 0 Å². The first-order chi connectivity index (χ1) is 13.0. The van der Waals surface area contributed by atoms with Crippen LogP contribution in [0.15, 0.2) is 0 Å². The van der Waals surface area contributed by atoms with Crippen LogP contribution >= 0.6 is 7.82 Å². The summed E-state index contributed by atoms with van der Waals surface area (Å²) in [7, 11) is -4.45. The number of phosphoric acid groups is 1. The molecule has 0 bridgehead atoms. The van der Waals surface area contributed by atoms with Crippen LogP contribution in [0.2, 0.25) is 0 Å². The third kappa shape index (κ3) is 7.00. The van der Waals surface area contributed by atoms with E-state index in [9.17, 15) is 14.6 Å². The molecular formula is C18H35O9P. The molecule has 9 nitrogen and oxygen atoms in total. The molecular weight excluding hydrogens is 391 g/mol. The molecule has 28 heavy (non-hydrogen) atoms. The van der Waals surface area contributed by atoms with Crippen LogP contribution in [0.5, 0.6) is 0 Å². The minimum atomic E-state index is -4.45. The van der Waals surface area contributed by atoms with Crippen molar-refractivity contribution in [2.75, 3.05) is 13.2 Å². The van der Waals surface area contributed by atoms with Crippen molar-refractivity contribution in [1.29, 1.82) is 0 Å². The van der Waals surface area contributed by atoms with Crippen LogP contribution < -0.4 is 0 Å². The van der Waals surface area contributed by atoms with Gasteiger partial charge >= 0.3 is 7.82 Å². The second-order valence-electron chi connectivity index (χ2n) is 8.03. The molecule has 0 aliphatic carbocycles. The second-order valence-corrected chi connectivity index (χ2v) is 9.44. The Hall–Kier alpha value is -0.0900. The molecule has 2 rings (SSSR count). The van der Waals surface area contributed by atoms with Gasteiger partial charge in [0.15, 0.2) is 0 Å². The zero-order chi connectivity index (χ0) is 21.1. The summed E-state index contributed by atoms with van der Waals surface area (Å²) in [6, 6.07) is 0. The highest BCUT2D eigenvalue weighted by molar-refractivity contribution is 7.47. The van der Waals surface area contributed by atoms with Gasteiger partial charge in [0.2, 0.25) is 0 Å². The minimum Gasteiger partial charge on any atom is -0.388 e. The summed E-state index contributed by atoms with van der Waals surface area (Å²) in [6.07, 6.45) is -3.39. The SMILES string of the molecule is CC(C)OC[C@H]1O[C@@H](C)C(O)[C@H]1OP(=O)(O)OCC1O[C@@H](C)C[C@H]1OC(C)C. The van der Waals surface area contributed by atoms with Crippen LogP contribution in [0.4, 0.5) is 0 Å². The first-order valence-electron chi connectivity index (χ1n) is 9.90. The van der Waals surface area contributed by atoms with Gasteiger partial charge in [0.1, 0.15) is 24.4 Å². The first kappa shape index (κ1) is 24.2. The summed E-state index contributed by atoms with van der Waals surface area (Å²) in [4.78, 5) is 10.2. The molecule has 0 aromatic heterocycles. The van der Waals surface area contributed by atoms with Gasteiger partial charge in [-0.3, -0.25) is 9.05 Å². The summed E-state index contributed by atoms with van der Waals surface area (Å²) < 4.78 is 45.6. The molecule has 2 aliphatic rings. The van der Waals surface area contributed by atoms with E-state index < -0.39 is 38.3 Å². The molecule has 2 fully saturated rings. The fourth-order valence-corrected chi connectivity index (χ4v) is 4.35. The van der Waals surface area contributed by atoms with E-state index in [2.05, 4.69) is 0 Å². The van der Waals surface area contributed by atoms with Gasteiger partial charge in [0.05, 0.1) is 43.7 Å². The van der Waals surface area contributed by atoms with Crippen LogP contribution in [0.25, 0.3) is 0 Å². The Balaban J connectivity index is 1.93. The summed E-state index contributed by atoms with van der Waals surface area (Å²) in [5, 5.41) is 10.3.